The van der Waals surface area contributed by atoms with Crippen molar-refractivity contribution in [1.29, 1.82) is 0 Å². The minimum atomic E-state index is -3.43. The Hall–Kier alpha value is -1.21. The predicted molar refractivity (Wildman–Crippen MR) is 57.7 cm³/mol. The number of anilines is 1. The van der Waals surface area contributed by atoms with Gasteiger partial charge in [0.15, 0.2) is 0 Å². The summed E-state index contributed by atoms with van der Waals surface area (Å²) in [4.78, 5) is 7.42. The van der Waals surface area contributed by atoms with Crippen molar-refractivity contribution in [1.82, 2.24) is 9.97 Å². The van der Waals surface area contributed by atoms with Crippen LogP contribution in [0.3, 0.4) is 0 Å². The summed E-state index contributed by atoms with van der Waals surface area (Å²) in [6.07, 6.45) is 4.60. The van der Waals surface area contributed by atoms with Crippen LogP contribution < -0.4 is 10.5 Å². The number of hydrogen-bond acceptors (Lipinski definition) is 5. The van der Waals surface area contributed by atoms with Crippen LogP contribution in [0.4, 0.5) is 5.69 Å². The van der Waals surface area contributed by atoms with E-state index in [4.69, 9.17) is 5.73 Å². The smallest absolute Gasteiger partial charge is 0.236 e. The molecule has 0 fully saturated rings. The summed E-state index contributed by atoms with van der Waals surface area (Å²) in [6.45, 7) is 1.87. The van der Waals surface area contributed by atoms with Gasteiger partial charge in [0.05, 0.1) is 23.3 Å². The first kappa shape index (κ1) is 11.9. The van der Waals surface area contributed by atoms with E-state index < -0.39 is 15.3 Å². The van der Waals surface area contributed by atoms with Gasteiger partial charge >= 0.3 is 0 Å². The molecule has 6 nitrogen and oxygen atoms in total. The molecule has 0 bridgehead atoms. The standard InChI is InChI=1S/C8H14N4O2S/c1-2-8(3-9)15(13,14)12-7-4-10-6-11-5-7/h4-6,8,12H,2-3,9H2,1H3. The molecule has 0 radical (unpaired) electrons. The molecule has 0 saturated heterocycles. The number of hydrogen-bond donors (Lipinski definition) is 2. The minimum Gasteiger partial charge on any atom is -0.329 e. The molecule has 0 amide bonds. The van der Waals surface area contributed by atoms with E-state index in [9.17, 15) is 8.42 Å². The van der Waals surface area contributed by atoms with Crippen LogP contribution in [0.2, 0.25) is 0 Å². The maximum atomic E-state index is 11.7. The summed E-state index contributed by atoms with van der Waals surface area (Å²) < 4.78 is 25.8. The van der Waals surface area contributed by atoms with Crippen LogP contribution in [0.1, 0.15) is 13.3 Å². The van der Waals surface area contributed by atoms with Crippen molar-refractivity contribution in [2.75, 3.05) is 11.3 Å². The fraction of sp³-hybridized carbons (Fsp3) is 0.500. The van der Waals surface area contributed by atoms with E-state index in [0.29, 0.717) is 12.1 Å². The third-order valence-corrected chi connectivity index (χ3v) is 3.90. The average Bonchev–Trinajstić information content (AvgIpc) is 2.19. The zero-order valence-corrected chi connectivity index (χ0v) is 9.24. The average molecular weight is 230 g/mol. The molecular weight excluding hydrogens is 216 g/mol. The molecule has 0 saturated carbocycles. The molecule has 7 heteroatoms. The van der Waals surface area contributed by atoms with Crippen molar-refractivity contribution in [2.24, 2.45) is 5.73 Å². The van der Waals surface area contributed by atoms with Crippen molar-refractivity contribution >= 4 is 15.7 Å². The zero-order valence-electron chi connectivity index (χ0n) is 8.42. The van der Waals surface area contributed by atoms with E-state index in [1.165, 1.54) is 18.7 Å². The fourth-order valence-electron chi connectivity index (χ4n) is 1.11. The second-order valence-electron chi connectivity index (χ2n) is 3.04. The third kappa shape index (κ3) is 3.14. The molecular formula is C8H14N4O2S. The summed E-state index contributed by atoms with van der Waals surface area (Å²) in [5.41, 5.74) is 5.72. The SMILES string of the molecule is CCC(CN)S(=O)(=O)Nc1cncnc1. The van der Waals surface area contributed by atoms with Crippen molar-refractivity contribution in [2.45, 2.75) is 18.6 Å². The lowest BCUT2D eigenvalue weighted by molar-refractivity contribution is 0.581. The Morgan fingerprint density at radius 2 is 2.07 bits per heavy atom. The van der Waals surface area contributed by atoms with Gasteiger partial charge in [0.25, 0.3) is 0 Å². The molecule has 1 rings (SSSR count). The normalized spacial score (nSPS) is 13.5. The number of nitrogens with one attached hydrogen (secondary N) is 1. The van der Waals surface area contributed by atoms with Crippen molar-refractivity contribution < 1.29 is 8.42 Å². The third-order valence-electron chi connectivity index (χ3n) is 1.98. The zero-order chi connectivity index (χ0) is 11.3. The maximum absolute atomic E-state index is 11.7. The molecule has 84 valence electrons. The highest BCUT2D eigenvalue weighted by Crippen LogP contribution is 2.10. The number of nitrogens with two attached hydrogens (primary N) is 1. The van der Waals surface area contributed by atoms with Crippen LogP contribution >= 0.6 is 0 Å². The van der Waals surface area contributed by atoms with Gasteiger partial charge in [-0.25, -0.2) is 18.4 Å². The van der Waals surface area contributed by atoms with Crippen molar-refractivity contribution in [3.05, 3.63) is 18.7 Å². The molecule has 1 aromatic rings. The lowest BCUT2D eigenvalue weighted by Crippen LogP contribution is -2.33. The molecule has 0 aromatic carbocycles. The number of aromatic nitrogens is 2. The molecule has 1 atom stereocenters. The van der Waals surface area contributed by atoms with Gasteiger partial charge in [0, 0.05) is 6.54 Å². The predicted octanol–water partition coefficient (Wildman–Crippen LogP) is -0.0444. The maximum Gasteiger partial charge on any atom is 0.236 e. The highest BCUT2D eigenvalue weighted by Gasteiger charge is 2.22. The summed E-state index contributed by atoms with van der Waals surface area (Å²) in [5, 5.41) is -0.585. The van der Waals surface area contributed by atoms with Crippen LogP contribution in [-0.2, 0) is 10.0 Å². The Bertz CT molecular complexity index is 388. The lowest BCUT2D eigenvalue weighted by Gasteiger charge is -2.14. The first-order chi connectivity index (χ1) is 7.10. The van der Waals surface area contributed by atoms with Gasteiger partial charge in [-0.1, -0.05) is 6.92 Å². The van der Waals surface area contributed by atoms with E-state index >= 15 is 0 Å². The largest absolute Gasteiger partial charge is 0.329 e. The van der Waals surface area contributed by atoms with Crippen LogP contribution in [0.5, 0.6) is 0 Å². The Morgan fingerprint density at radius 3 is 2.53 bits per heavy atom. The number of rotatable bonds is 5. The molecule has 0 aliphatic carbocycles. The van der Waals surface area contributed by atoms with Gasteiger partial charge in [-0.05, 0) is 6.42 Å². The summed E-state index contributed by atoms with van der Waals surface area (Å²) in [5.74, 6) is 0. The quantitative estimate of drug-likeness (QED) is 0.739. The summed E-state index contributed by atoms with van der Waals surface area (Å²) >= 11 is 0. The van der Waals surface area contributed by atoms with E-state index in [0.717, 1.165) is 0 Å². The van der Waals surface area contributed by atoms with E-state index in [2.05, 4.69) is 14.7 Å². The van der Waals surface area contributed by atoms with Gasteiger partial charge in [0.1, 0.15) is 6.33 Å². The van der Waals surface area contributed by atoms with Crippen LogP contribution in [0.15, 0.2) is 18.7 Å². The van der Waals surface area contributed by atoms with E-state index in [1.807, 2.05) is 0 Å². The Morgan fingerprint density at radius 1 is 1.47 bits per heavy atom. The van der Waals surface area contributed by atoms with Crippen molar-refractivity contribution in [3.63, 3.8) is 0 Å². The lowest BCUT2D eigenvalue weighted by atomic mass is 10.3. The highest BCUT2D eigenvalue weighted by molar-refractivity contribution is 7.93. The summed E-state index contributed by atoms with van der Waals surface area (Å²) in [7, 11) is -3.43. The van der Waals surface area contributed by atoms with Crippen LogP contribution in [0, 0.1) is 0 Å². The molecule has 1 heterocycles. The second-order valence-corrected chi connectivity index (χ2v) is 5.00. The number of nitrogens with zero attached hydrogens (tertiary/aromatic N) is 2. The van der Waals surface area contributed by atoms with Gasteiger partial charge in [-0.3, -0.25) is 4.72 Å². The fourth-order valence-corrected chi connectivity index (χ4v) is 2.40. The van der Waals surface area contributed by atoms with Gasteiger partial charge in [-0.15, -0.1) is 0 Å². The molecule has 0 aliphatic heterocycles. The molecule has 1 aromatic heterocycles. The minimum absolute atomic E-state index is 0.0968. The van der Waals surface area contributed by atoms with Gasteiger partial charge in [-0.2, -0.15) is 0 Å². The highest BCUT2D eigenvalue weighted by atomic mass is 32.2. The van der Waals surface area contributed by atoms with E-state index in [-0.39, 0.29) is 6.54 Å². The molecule has 3 N–H and O–H groups in total. The van der Waals surface area contributed by atoms with Crippen molar-refractivity contribution in [3.8, 4) is 0 Å². The van der Waals surface area contributed by atoms with Crippen LogP contribution in [-0.4, -0.2) is 30.2 Å². The van der Waals surface area contributed by atoms with Gasteiger partial charge in [0.2, 0.25) is 10.0 Å². The summed E-state index contributed by atoms with van der Waals surface area (Å²) in [6, 6.07) is 0. The molecule has 0 aliphatic rings. The topological polar surface area (TPSA) is 98.0 Å². The number of sulfonamides is 1. The Labute approximate surface area is 89.0 Å². The first-order valence-corrected chi connectivity index (χ1v) is 6.11. The van der Waals surface area contributed by atoms with Crippen LogP contribution in [0.25, 0.3) is 0 Å². The van der Waals surface area contributed by atoms with E-state index in [1.54, 1.807) is 6.92 Å². The first-order valence-electron chi connectivity index (χ1n) is 4.57. The second kappa shape index (κ2) is 5.04. The van der Waals surface area contributed by atoms with Gasteiger partial charge < -0.3 is 5.73 Å². The molecule has 0 spiro atoms. The Kier molecular flexibility index (Phi) is 3.98. The molecule has 1 unspecified atom stereocenters. The Balaban J connectivity index is 2.81. The monoisotopic (exact) mass is 230 g/mol. The molecule has 15 heavy (non-hydrogen) atoms.